The second-order valence-corrected chi connectivity index (χ2v) is 4.62. The Morgan fingerprint density at radius 2 is 2.19 bits per heavy atom. The molecule has 2 aromatic rings. The number of benzene rings is 1. The lowest BCUT2D eigenvalue weighted by atomic mass is 10.2. The third-order valence-electron chi connectivity index (χ3n) is 2.93. The zero-order valence-corrected chi connectivity index (χ0v) is 12.3. The lowest BCUT2D eigenvalue weighted by Gasteiger charge is -2.04. The van der Waals surface area contributed by atoms with E-state index in [4.69, 9.17) is 4.74 Å². The van der Waals surface area contributed by atoms with Gasteiger partial charge in [-0.3, -0.25) is 9.48 Å². The van der Waals surface area contributed by atoms with Gasteiger partial charge >= 0.3 is 0 Å². The van der Waals surface area contributed by atoms with E-state index in [-0.39, 0.29) is 12.5 Å². The maximum atomic E-state index is 11.8. The van der Waals surface area contributed by atoms with Crippen LogP contribution in [0.25, 0.3) is 0 Å². The summed E-state index contributed by atoms with van der Waals surface area (Å²) in [5, 5.41) is 8.16. The molecule has 0 radical (unpaired) electrons. The standard InChI is InChI=1S/C15H18N4O2/c1-11-8-12(2)19(18-11)10-15(20)17-16-9-13-6-4-5-7-14(13)21-3/h4-9H,10H2,1-3H3,(H,17,20)/b16-9+. The molecule has 0 fully saturated rings. The van der Waals surface area contributed by atoms with Crippen LogP contribution < -0.4 is 10.2 Å². The average Bonchev–Trinajstić information content (AvgIpc) is 2.77. The Hall–Kier alpha value is -2.63. The molecule has 1 amide bonds. The number of hydrazone groups is 1. The second-order valence-electron chi connectivity index (χ2n) is 4.62. The largest absolute Gasteiger partial charge is 0.496 e. The van der Waals surface area contributed by atoms with Crippen molar-refractivity contribution in [2.75, 3.05) is 7.11 Å². The summed E-state index contributed by atoms with van der Waals surface area (Å²) in [6.45, 7) is 3.94. The first-order valence-corrected chi connectivity index (χ1v) is 6.56. The van der Waals surface area contributed by atoms with Gasteiger partial charge in [0.15, 0.2) is 0 Å². The maximum Gasteiger partial charge on any atom is 0.261 e. The number of carbonyl (C=O) groups is 1. The third kappa shape index (κ3) is 3.92. The van der Waals surface area contributed by atoms with E-state index in [0.29, 0.717) is 5.75 Å². The van der Waals surface area contributed by atoms with Crippen molar-refractivity contribution in [1.82, 2.24) is 15.2 Å². The SMILES string of the molecule is COc1ccccc1/C=N/NC(=O)Cn1nc(C)cc1C. The highest BCUT2D eigenvalue weighted by molar-refractivity contribution is 5.85. The first kappa shape index (κ1) is 14.8. The van der Waals surface area contributed by atoms with Gasteiger partial charge in [0.1, 0.15) is 12.3 Å². The van der Waals surface area contributed by atoms with Crippen molar-refractivity contribution < 1.29 is 9.53 Å². The number of ether oxygens (including phenoxy) is 1. The molecule has 0 spiro atoms. The molecule has 1 aromatic heterocycles. The van der Waals surface area contributed by atoms with E-state index >= 15 is 0 Å². The molecule has 0 unspecified atom stereocenters. The van der Waals surface area contributed by atoms with Crippen LogP contribution >= 0.6 is 0 Å². The van der Waals surface area contributed by atoms with Gasteiger partial charge in [-0.05, 0) is 32.0 Å². The third-order valence-corrected chi connectivity index (χ3v) is 2.93. The Morgan fingerprint density at radius 3 is 2.86 bits per heavy atom. The summed E-state index contributed by atoms with van der Waals surface area (Å²) in [5.74, 6) is 0.474. The van der Waals surface area contributed by atoms with Gasteiger partial charge in [0, 0.05) is 11.3 Å². The molecule has 0 atom stereocenters. The summed E-state index contributed by atoms with van der Waals surface area (Å²) >= 11 is 0. The van der Waals surface area contributed by atoms with Crippen LogP contribution in [0.5, 0.6) is 5.75 Å². The molecule has 21 heavy (non-hydrogen) atoms. The summed E-state index contributed by atoms with van der Waals surface area (Å²) in [5.41, 5.74) is 5.11. The van der Waals surface area contributed by atoms with Crippen LogP contribution in [0.3, 0.4) is 0 Å². The van der Waals surface area contributed by atoms with E-state index in [9.17, 15) is 4.79 Å². The van der Waals surface area contributed by atoms with E-state index in [1.54, 1.807) is 18.0 Å². The minimum absolute atomic E-state index is 0.142. The Balaban J connectivity index is 1.95. The number of para-hydroxylation sites is 1. The highest BCUT2D eigenvalue weighted by Crippen LogP contribution is 2.14. The molecule has 2 rings (SSSR count). The fourth-order valence-electron chi connectivity index (χ4n) is 1.95. The molecule has 0 aliphatic carbocycles. The number of hydrogen-bond acceptors (Lipinski definition) is 4. The van der Waals surface area contributed by atoms with Crippen LogP contribution in [0.15, 0.2) is 35.4 Å². The predicted octanol–water partition coefficient (Wildman–Crippen LogP) is 1.66. The summed E-state index contributed by atoms with van der Waals surface area (Å²) in [7, 11) is 1.59. The van der Waals surface area contributed by atoms with Crippen molar-refractivity contribution in [3.63, 3.8) is 0 Å². The minimum Gasteiger partial charge on any atom is -0.496 e. The molecule has 0 saturated carbocycles. The fraction of sp³-hybridized carbons (Fsp3) is 0.267. The van der Waals surface area contributed by atoms with Crippen LogP contribution in [0.4, 0.5) is 0 Å². The zero-order valence-electron chi connectivity index (χ0n) is 12.3. The highest BCUT2D eigenvalue weighted by Gasteiger charge is 2.06. The van der Waals surface area contributed by atoms with Crippen LogP contribution in [-0.4, -0.2) is 29.0 Å². The van der Waals surface area contributed by atoms with Crippen molar-refractivity contribution in [2.45, 2.75) is 20.4 Å². The molecule has 110 valence electrons. The maximum absolute atomic E-state index is 11.8. The first-order valence-electron chi connectivity index (χ1n) is 6.56. The average molecular weight is 286 g/mol. The van der Waals surface area contributed by atoms with Crippen molar-refractivity contribution in [2.24, 2.45) is 5.10 Å². The van der Waals surface area contributed by atoms with Gasteiger partial charge in [0.25, 0.3) is 5.91 Å². The molecule has 1 heterocycles. The van der Waals surface area contributed by atoms with Crippen molar-refractivity contribution in [3.05, 3.63) is 47.3 Å². The van der Waals surface area contributed by atoms with Crippen LogP contribution in [0.2, 0.25) is 0 Å². The van der Waals surface area contributed by atoms with Crippen molar-refractivity contribution in [3.8, 4) is 5.75 Å². The monoisotopic (exact) mass is 286 g/mol. The van der Waals surface area contributed by atoms with Crippen molar-refractivity contribution in [1.29, 1.82) is 0 Å². The number of amides is 1. The first-order chi connectivity index (χ1) is 10.1. The smallest absolute Gasteiger partial charge is 0.261 e. The normalized spacial score (nSPS) is 10.8. The Morgan fingerprint density at radius 1 is 1.43 bits per heavy atom. The molecule has 0 aliphatic rings. The molecular formula is C15H18N4O2. The number of methoxy groups -OCH3 is 1. The minimum atomic E-state index is -0.229. The van der Waals surface area contributed by atoms with Gasteiger partial charge in [-0.15, -0.1) is 0 Å². The number of rotatable bonds is 5. The summed E-state index contributed by atoms with van der Waals surface area (Å²) in [6.07, 6.45) is 1.55. The number of hydrogen-bond donors (Lipinski definition) is 1. The molecule has 6 nitrogen and oxygen atoms in total. The molecule has 0 saturated heterocycles. The van der Waals surface area contributed by atoms with Gasteiger partial charge in [-0.1, -0.05) is 12.1 Å². The van der Waals surface area contributed by atoms with E-state index in [0.717, 1.165) is 17.0 Å². The van der Waals surface area contributed by atoms with E-state index < -0.39 is 0 Å². The number of aromatic nitrogens is 2. The number of nitrogens with zero attached hydrogens (tertiary/aromatic N) is 3. The van der Waals surface area contributed by atoms with Gasteiger partial charge in [0.05, 0.1) is 19.0 Å². The quantitative estimate of drug-likeness (QED) is 0.671. The zero-order chi connectivity index (χ0) is 15.2. The van der Waals surface area contributed by atoms with Gasteiger partial charge < -0.3 is 4.74 Å². The Kier molecular flexibility index (Phi) is 4.71. The van der Waals surface area contributed by atoms with Gasteiger partial charge in [0.2, 0.25) is 0 Å². The topological polar surface area (TPSA) is 68.5 Å². The van der Waals surface area contributed by atoms with Crippen LogP contribution in [0.1, 0.15) is 17.0 Å². The van der Waals surface area contributed by atoms with Crippen molar-refractivity contribution >= 4 is 12.1 Å². The summed E-state index contributed by atoms with van der Waals surface area (Å²) in [4.78, 5) is 11.8. The van der Waals surface area contributed by atoms with E-state index in [1.807, 2.05) is 44.2 Å². The van der Waals surface area contributed by atoms with Crippen LogP contribution in [-0.2, 0) is 11.3 Å². The second kappa shape index (κ2) is 6.69. The molecule has 1 N–H and O–H groups in total. The summed E-state index contributed by atoms with van der Waals surface area (Å²) in [6, 6.07) is 9.36. The van der Waals surface area contributed by atoms with Gasteiger partial charge in [-0.2, -0.15) is 10.2 Å². The molecule has 0 aliphatic heterocycles. The predicted molar refractivity (Wildman–Crippen MR) is 80.4 cm³/mol. The summed E-state index contributed by atoms with van der Waals surface area (Å²) < 4.78 is 6.84. The number of nitrogens with one attached hydrogen (secondary N) is 1. The Labute approximate surface area is 123 Å². The molecule has 1 aromatic carbocycles. The fourth-order valence-corrected chi connectivity index (χ4v) is 1.95. The van der Waals surface area contributed by atoms with Crippen LogP contribution in [0, 0.1) is 13.8 Å². The lowest BCUT2D eigenvalue weighted by Crippen LogP contribution is -2.24. The number of aryl methyl sites for hydroxylation is 2. The lowest BCUT2D eigenvalue weighted by molar-refractivity contribution is -0.121. The molecule has 0 bridgehead atoms. The van der Waals surface area contributed by atoms with E-state index in [2.05, 4.69) is 15.6 Å². The Bertz CT molecular complexity index is 661. The molecule has 6 heteroatoms. The number of carbonyl (C=O) groups excluding carboxylic acids is 1. The molecular weight excluding hydrogens is 268 g/mol. The highest BCUT2D eigenvalue weighted by atomic mass is 16.5. The van der Waals surface area contributed by atoms with Gasteiger partial charge in [-0.25, -0.2) is 5.43 Å². The van der Waals surface area contributed by atoms with E-state index in [1.165, 1.54) is 0 Å².